The van der Waals surface area contributed by atoms with Crippen molar-refractivity contribution in [3.8, 4) is 0 Å². The number of benzene rings is 1. The number of primary amides is 1. The Morgan fingerprint density at radius 1 is 1.14 bits per heavy atom. The molecule has 3 N–H and O–H groups in total. The smallest absolute Gasteiger partial charge is 0.312 e. The number of rotatable bonds is 7. The maximum Gasteiger partial charge on any atom is 0.312 e. The molecule has 1 saturated heterocycles. The van der Waals surface area contributed by atoms with Crippen LogP contribution >= 0.6 is 11.3 Å². The Morgan fingerprint density at radius 3 is 2.76 bits per heavy atom. The average Bonchev–Trinajstić information content (AvgIpc) is 3.28. The largest absolute Gasteiger partial charge is 0.368 e. The summed E-state index contributed by atoms with van der Waals surface area (Å²) in [5.41, 5.74) is 6.58. The van der Waals surface area contributed by atoms with Crippen LogP contribution in [0.5, 0.6) is 0 Å². The van der Waals surface area contributed by atoms with E-state index in [0.29, 0.717) is 5.92 Å². The monoisotopic (exact) mass is 412 g/mol. The zero-order chi connectivity index (χ0) is 19.8. The molecule has 0 radical (unpaired) electrons. The van der Waals surface area contributed by atoms with Gasteiger partial charge in [0, 0.05) is 48.5 Å². The molecule has 0 spiro atoms. The van der Waals surface area contributed by atoms with Crippen LogP contribution in [0.3, 0.4) is 0 Å². The van der Waals surface area contributed by atoms with Crippen molar-refractivity contribution >= 4 is 33.1 Å². The summed E-state index contributed by atoms with van der Waals surface area (Å²) in [4.78, 5) is 16.1. The van der Waals surface area contributed by atoms with Gasteiger partial charge in [-0.1, -0.05) is 6.07 Å². The Bertz CT molecular complexity index is 853. The lowest BCUT2D eigenvalue weighted by molar-refractivity contribution is 0.130. The number of thiophene rings is 1. The maximum atomic E-state index is 10.8. The van der Waals surface area contributed by atoms with Crippen molar-refractivity contribution in [2.24, 2.45) is 29.4 Å². The molecule has 2 aromatic rings. The number of amides is 2. The minimum atomic E-state index is -0.380. The van der Waals surface area contributed by atoms with Crippen molar-refractivity contribution < 1.29 is 4.79 Å². The van der Waals surface area contributed by atoms with Gasteiger partial charge in [-0.3, -0.25) is 4.90 Å². The summed E-state index contributed by atoms with van der Waals surface area (Å²) < 4.78 is 1.40. The van der Waals surface area contributed by atoms with Crippen LogP contribution in [-0.2, 0) is 0 Å². The van der Waals surface area contributed by atoms with Crippen molar-refractivity contribution in [3.05, 3.63) is 29.6 Å². The van der Waals surface area contributed by atoms with E-state index in [1.165, 1.54) is 61.1 Å². The van der Waals surface area contributed by atoms with Crippen molar-refractivity contribution in [2.45, 2.75) is 25.7 Å². The summed E-state index contributed by atoms with van der Waals surface area (Å²) >= 11 is 1.84. The van der Waals surface area contributed by atoms with Gasteiger partial charge >= 0.3 is 6.03 Å². The molecule has 2 aliphatic carbocycles. The number of anilines is 1. The Morgan fingerprint density at radius 2 is 1.97 bits per heavy atom. The van der Waals surface area contributed by atoms with E-state index in [9.17, 15) is 4.79 Å². The first-order chi connectivity index (χ1) is 14.2. The molecular weight excluding hydrogens is 380 g/mol. The molecule has 29 heavy (non-hydrogen) atoms. The van der Waals surface area contributed by atoms with E-state index in [-0.39, 0.29) is 6.03 Å². The summed E-state index contributed by atoms with van der Waals surface area (Å²) in [6.45, 7) is 6.67. The summed E-state index contributed by atoms with van der Waals surface area (Å²) in [6.07, 6.45) is 5.44. The van der Waals surface area contributed by atoms with Gasteiger partial charge in [0.05, 0.1) is 0 Å². The fourth-order valence-electron chi connectivity index (χ4n) is 5.52. The molecule has 6 heteroatoms. The lowest BCUT2D eigenvalue weighted by atomic mass is 9.70. The fourth-order valence-corrected chi connectivity index (χ4v) is 6.33. The molecule has 1 aliphatic heterocycles. The molecule has 2 unspecified atom stereocenters. The van der Waals surface area contributed by atoms with Crippen molar-refractivity contribution in [1.29, 1.82) is 0 Å². The van der Waals surface area contributed by atoms with E-state index in [2.05, 4.69) is 44.8 Å². The standard InChI is InChI=1S/C23H32N4OS/c24-23(28)25-15-18-14-20(18)17-12-16(13-17)4-6-26-7-9-27(10-8-26)21-2-1-3-22-19(21)5-11-29-22/h1-3,5,11,16-18,20H,4,6-10,12-15H2,(H3,24,25,28). The predicted octanol–water partition coefficient (Wildman–Crippen LogP) is 3.74. The molecule has 5 rings (SSSR count). The topological polar surface area (TPSA) is 61.6 Å². The molecule has 2 atom stereocenters. The zero-order valence-electron chi connectivity index (χ0n) is 17.1. The third-order valence-corrected chi connectivity index (χ3v) is 8.31. The molecule has 0 bridgehead atoms. The van der Waals surface area contributed by atoms with Gasteiger partial charge in [0.25, 0.3) is 0 Å². The number of nitrogens with two attached hydrogens (primary N) is 1. The second kappa shape index (κ2) is 8.15. The summed E-state index contributed by atoms with van der Waals surface area (Å²) in [6, 6.07) is 8.59. The zero-order valence-corrected chi connectivity index (χ0v) is 17.9. The highest BCUT2D eigenvalue weighted by molar-refractivity contribution is 7.17. The summed E-state index contributed by atoms with van der Waals surface area (Å²) in [5.74, 6) is 3.36. The number of nitrogens with zero attached hydrogens (tertiary/aromatic N) is 2. The van der Waals surface area contributed by atoms with E-state index >= 15 is 0 Å². The predicted molar refractivity (Wildman–Crippen MR) is 120 cm³/mol. The Balaban J connectivity index is 1.01. The van der Waals surface area contributed by atoms with Gasteiger partial charge in [-0.25, -0.2) is 4.79 Å². The van der Waals surface area contributed by atoms with Gasteiger partial charge in [-0.05, 0) is 79.5 Å². The number of fused-ring (bicyclic) bond motifs is 1. The number of nitrogens with one attached hydrogen (secondary N) is 1. The lowest BCUT2D eigenvalue weighted by Crippen LogP contribution is -2.47. The molecule has 2 heterocycles. The van der Waals surface area contributed by atoms with E-state index in [1.807, 2.05) is 11.3 Å². The molecule has 3 fully saturated rings. The molecule has 2 saturated carbocycles. The van der Waals surface area contributed by atoms with Crippen LogP contribution < -0.4 is 16.0 Å². The number of hydrogen-bond acceptors (Lipinski definition) is 4. The van der Waals surface area contributed by atoms with Crippen molar-refractivity contribution in [1.82, 2.24) is 10.2 Å². The lowest BCUT2D eigenvalue weighted by Gasteiger charge is -2.40. The summed E-state index contributed by atoms with van der Waals surface area (Å²) in [7, 11) is 0. The van der Waals surface area contributed by atoms with E-state index < -0.39 is 0 Å². The van der Waals surface area contributed by atoms with Gasteiger partial charge in [0.1, 0.15) is 0 Å². The van der Waals surface area contributed by atoms with Crippen LogP contribution in [0.25, 0.3) is 10.1 Å². The third-order valence-electron chi connectivity index (χ3n) is 7.43. The van der Waals surface area contributed by atoms with Gasteiger partial charge in [-0.2, -0.15) is 0 Å². The number of urea groups is 1. The van der Waals surface area contributed by atoms with Gasteiger partial charge < -0.3 is 16.0 Å². The highest BCUT2D eigenvalue weighted by atomic mass is 32.1. The van der Waals surface area contributed by atoms with Crippen LogP contribution in [0.2, 0.25) is 0 Å². The van der Waals surface area contributed by atoms with Crippen LogP contribution in [-0.4, -0.2) is 50.2 Å². The Kier molecular flexibility index (Phi) is 5.39. The minimum absolute atomic E-state index is 0.380. The minimum Gasteiger partial charge on any atom is -0.368 e. The van der Waals surface area contributed by atoms with E-state index in [1.54, 1.807) is 0 Å². The number of carbonyl (C=O) groups excluding carboxylic acids is 1. The first-order valence-corrected chi connectivity index (χ1v) is 12.0. The normalized spacial score (nSPS) is 29.6. The molecular formula is C23H32N4OS. The van der Waals surface area contributed by atoms with E-state index in [0.717, 1.165) is 37.4 Å². The third kappa shape index (κ3) is 4.24. The van der Waals surface area contributed by atoms with Gasteiger partial charge in [0.15, 0.2) is 0 Å². The Labute approximate surface area is 177 Å². The van der Waals surface area contributed by atoms with Crippen LogP contribution in [0, 0.1) is 23.7 Å². The molecule has 1 aromatic heterocycles. The van der Waals surface area contributed by atoms with Crippen LogP contribution in [0.15, 0.2) is 29.6 Å². The first kappa shape index (κ1) is 19.2. The first-order valence-electron chi connectivity index (χ1n) is 11.1. The quantitative estimate of drug-likeness (QED) is 0.728. The highest BCUT2D eigenvalue weighted by Gasteiger charge is 2.47. The summed E-state index contributed by atoms with van der Waals surface area (Å²) in [5, 5.41) is 6.39. The number of hydrogen-bond donors (Lipinski definition) is 2. The SMILES string of the molecule is NC(=O)NCC1CC1C1CC(CCN2CCN(c3cccc4sccc34)CC2)C1. The highest BCUT2D eigenvalue weighted by Crippen LogP contribution is 2.54. The molecule has 5 nitrogen and oxygen atoms in total. The van der Waals surface area contributed by atoms with Crippen LogP contribution in [0.1, 0.15) is 25.7 Å². The molecule has 2 amide bonds. The fraction of sp³-hybridized carbons (Fsp3) is 0.609. The van der Waals surface area contributed by atoms with Crippen molar-refractivity contribution in [3.63, 3.8) is 0 Å². The average molecular weight is 413 g/mol. The van der Waals surface area contributed by atoms with Gasteiger partial charge in [0.2, 0.25) is 0 Å². The van der Waals surface area contributed by atoms with E-state index in [4.69, 9.17) is 5.73 Å². The molecule has 1 aromatic carbocycles. The molecule has 156 valence electrons. The second-order valence-corrected chi connectivity index (χ2v) is 10.2. The maximum absolute atomic E-state index is 10.8. The van der Waals surface area contributed by atoms with Crippen LogP contribution in [0.4, 0.5) is 10.5 Å². The number of carbonyl (C=O) groups is 1. The second-order valence-electron chi connectivity index (χ2n) is 9.23. The van der Waals surface area contributed by atoms with Gasteiger partial charge in [-0.15, -0.1) is 11.3 Å². The molecule has 3 aliphatic rings. The number of piperazine rings is 1. The van der Waals surface area contributed by atoms with Crippen molar-refractivity contribution in [2.75, 3.05) is 44.2 Å². The Hall–Kier alpha value is -1.79.